The Balaban J connectivity index is 2.36. The minimum absolute atomic E-state index is 1.06. The summed E-state index contributed by atoms with van der Waals surface area (Å²) in [6, 6.07) is 10.2. The van der Waals surface area contributed by atoms with E-state index in [2.05, 4.69) is 46.8 Å². The number of hydrogen-bond donors (Lipinski definition) is 1. The van der Waals surface area contributed by atoms with E-state index in [-0.39, 0.29) is 0 Å². The highest BCUT2D eigenvalue weighted by molar-refractivity contribution is 5.96. The molecular weight excluding hydrogens is 274 g/mol. The topological polar surface area (TPSA) is 50.4 Å². The van der Waals surface area contributed by atoms with Crippen molar-refractivity contribution in [1.29, 1.82) is 0 Å². The Morgan fingerprint density at radius 2 is 2.05 bits per heavy atom. The second-order valence-electron chi connectivity index (χ2n) is 5.16. The molecule has 22 heavy (non-hydrogen) atoms. The molecule has 3 rings (SSSR count). The van der Waals surface area contributed by atoms with Crippen LogP contribution in [0.2, 0.25) is 0 Å². The molecule has 0 fully saturated rings. The lowest BCUT2D eigenvalue weighted by molar-refractivity contribution is 0.322. The molecule has 0 saturated heterocycles. The molecular formula is C18H17N3O. The fourth-order valence-corrected chi connectivity index (χ4v) is 2.94. The normalized spacial score (nSPS) is 11.9. The van der Waals surface area contributed by atoms with Gasteiger partial charge in [0, 0.05) is 29.5 Å². The molecule has 4 nitrogen and oxygen atoms in total. The lowest BCUT2D eigenvalue weighted by Crippen LogP contribution is -1.92. The van der Waals surface area contributed by atoms with Gasteiger partial charge in [0.15, 0.2) is 0 Å². The number of aryl methyl sites for hydroxylation is 2. The minimum Gasteiger partial charge on any atom is -0.411 e. The third-order valence-corrected chi connectivity index (χ3v) is 3.80. The molecule has 4 heteroatoms. The SMILES string of the molecule is Cc1cccc2c1c(C)c(-c1cccnc1)n2/C=C/C=N/O. The van der Waals surface area contributed by atoms with Crippen LogP contribution in [0.1, 0.15) is 11.1 Å². The maximum atomic E-state index is 8.59. The van der Waals surface area contributed by atoms with Gasteiger partial charge in [0.05, 0.1) is 17.4 Å². The first-order chi connectivity index (χ1) is 10.7. The van der Waals surface area contributed by atoms with Crippen molar-refractivity contribution in [2.75, 3.05) is 0 Å². The van der Waals surface area contributed by atoms with Gasteiger partial charge in [0.2, 0.25) is 0 Å². The fourth-order valence-electron chi connectivity index (χ4n) is 2.94. The van der Waals surface area contributed by atoms with E-state index in [0.717, 1.165) is 16.8 Å². The van der Waals surface area contributed by atoms with Gasteiger partial charge in [-0.25, -0.2) is 0 Å². The van der Waals surface area contributed by atoms with Gasteiger partial charge >= 0.3 is 0 Å². The van der Waals surface area contributed by atoms with E-state index >= 15 is 0 Å². The van der Waals surface area contributed by atoms with E-state index in [1.165, 1.54) is 22.7 Å². The molecule has 0 amide bonds. The second-order valence-corrected chi connectivity index (χ2v) is 5.16. The Kier molecular flexibility index (Phi) is 3.74. The van der Waals surface area contributed by atoms with Crippen LogP contribution in [0.5, 0.6) is 0 Å². The molecule has 0 aliphatic carbocycles. The Morgan fingerprint density at radius 1 is 1.18 bits per heavy atom. The molecule has 0 aliphatic rings. The predicted octanol–water partition coefficient (Wildman–Crippen LogP) is 4.25. The average Bonchev–Trinajstić information content (AvgIpc) is 2.82. The summed E-state index contributed by atoms with van der Waals surface area (Å²) in [5.74, 6) is 0. The maximum absolute atomic E-state index is 8.59. The van der Waals surface area contributed by atoms with Crippen molar-refractivity contribution in [3.8, 4) is 11.3 Å². The number of rotatable bonds is 3. The first-order valence-corrected chi connectivity index (χ1v) is 7.08. The summed E-state index contributed by atoms with van der Waals surface area (Å²) in [4.78, 5) is 4.23. The Morgan fingerprint density at radius 3 is 2.77 bits per heavy atom. The van der Waals surface area contributed by atoms with Gasteiger partial charge in [-0.3, -0.25) is 4.98 Å². The summed E-state index contributed by atoms with van der Waals surface area (Å²) in [7, 11) is 0. The van der Waals surface area contributed by atoms with Crippen molar-refractivity contribution in [3.63, 3.8) is 0 Å². The lowest BCUT2D eigenvalue weighted by atomic mass is 10.0. The van der Waals surface area contributed by atoms with Crippen LogP contribution in [0.3, 0.4) is 0 Å². The molecule has 110 valence electrons. The van der Waals surface area contributed by atoms with Crippen molar-refractivity contribution in [2.45, 2.75) is 13.8 Å². The number of aromatic nitrogens is 2. The predicted molar refractivity (Wildman–Crippen MR) is 90.3 cm³/mol. The molecule has 1 N–H and O–H groups in total. The van der Waals surface area contributed by atoms with Crippen LogP contribution in [0.15, 0.2) is 54.0 Å². The standard InChI is InChI=1S/C18H17N3O/c1-13-6-3-8-16-17(13)14(2)18(15-7-4-9-19-12-15)21(16)11-5-10-20-22/h3-12,22H,1-2H3/b11-5+,20-10+. The molecule has 1 aromatic carbocycles. The minimum atomic E-state index is 1.06. The number of allylic oxidation sites excluding steroid dienone is 1. The molecule has 0 bridgehead atoms. The van der Waals surface area contributed by atoms with Crippen LogP contribution < -0.4 is 0 Å². The van der Waals surface area contributed by atoms with E-state index < -0.39 is 0 Å². The molecule has 0 atom stereocenters. The van der Waals surface area contributed by atoms with Gasteiger partial charge in [0.25, 0.3) is 0 Å². The maximum Gasteiger partial charge on any atom is 0.0676 e. The highest BCUT2D eigenvalue weighted by atomic mass is 16.4. The molecule has 0 saturated carbocycles. The second kappa shape index (κ2) is 5.85. The van der Waals surface area contributed by atoms with Crippen molar-refractivity contribution in [3.05, 3.63) is 59.9 Å². The van der Waals surface area contributed by atoms with Gasteiger partial charge < -0.3 is 9.77 Å². The van der Waals surface area contributed by atoms with Crippen LogP contribution in [0.4, 0.5) is 0 Å². The zero-order chi connectivity index (χ0) is 15.5. The molecule has 2 heterocycles. The molecule has 0 radical (unpaired) electrons. The van der Waals surface area contributed by atoms with Crippen LogP contribution in [0.25, 0.3) is 28.4 Å². The number of pyridine rings is 1. The first-order valence-electron chi connectivity index (χ1n) is 7.08. The molecule has 0 aliphatic heterocycles. The Labute approximate surface area is 129 Å². The summed E-state index contributed by atoms with van der Waals surface area (Å²) in [5, 5.41) is 12.9. The number of oxime groups is 1. The summed E-state index contributed by atoms with van der Waals surface area (Å²) in [6.45, 7) is 4.24. The van der Waals surface area contributed by atoms with Crippen molar-refractivity contribution < 1.29 is 5.21 Å². The van der Waals surface area contributed by atoms with Crippen LogP contribution in [0, 0.1) is 13.8 Å². The fraction of sp³-hybridized carbons (Fsp3) is 0.111. The molecule has 3 aromatic rings. The van der Waals surface area contributed by atoms with E-state index in [4.69, 9.17) is 5.21 Å². The Bertz CT molecular complexity index is 861. The summed E-state index contributed by atoms with van der Waals surface area (Å²) >= 11 is 0. The number of benzene rings is 1. The highest BCUT2D eigenvalue weighted by Gasteiger charge is 2.15. The van der Waals surface area contributed by atoms with E-state index in [1.54, 1.807) is 12.3 Å². The van der Waals surface area contributed by atoms with Crippen molar-refractivity contribution in [2.24, 2.45) is 5.16 Å². The van der Waals surface area contributed by atoms with E-state index in [0.29, 0.717) is 0 Å². The van der Waals surface area contributed by atoms with Crippen molar-refractivity contribution >= 4 is 23.3 Å². The summed E-state index contributed by atoms with van der Waals surface area (Å²) < 4.78 is 2.11. The number of hydrogen-bond acceptors (Lipinski definition) is 3. The highest BCUT2D eigenvalue weighted by Crippen LogP contribution is 2.34. The first kappa shape index (κ1) is 14.1. The van der Waals surface area contributed by atoms with Gasteiger partial charge in [-0.15, -0.1) is 0 Å². The van der Waals surface area contributed by atoms with Crippen LogP contribution >= 0.6 is 0 Å². The lowest BCUT2D eigenvalue weighted by Gasteiger charge is -2.06. The van der Waals surface area contributed by atoms with E-state index in [1.807, 2.05) is 24.5 Å². The van der Waals surface area contributed by atoms with E-state index in [9.17, 15) is 0 Å². The zero-order valence-electron chi connectivity index (χ0n) is 12.6. The van der Waals surface area contributed by atoms with Crippen LogP contribution in [-0.4, -0.2) is 21.0 Å². The molecule has 0 spiro atoms. The van der Waals surface area contributed by atoms with Crippen LogP contribution in [-0.2, 0) is 0 Å². The monoisotopic (exact) mass is 291 g/mol. The summed E-state index contributed by atoms with van der Waals surface area (Å²) in [6.07, 6.45) is 8.59. The largest absolute Gasteiger partial charge is 0.411 e. The quantitative estimate of drug-likeness (QED) is 0.445. The molecule has 0 unspecified atom stereocenters. The van der Waals surface area contributed by atoms with Crippen molar-refractivity contribution in [1.82, 2.24) is 9.55 Å². The van der Waals surface area contributed by atoms with Gasteiger partial charge in [-0.2, -0.15) is 0 Å². The van der Waals surface area contributed by atoms with Gasteiger partial charge in [0.1, 0.15) is 0 Å². The third kappa shape index (κ3) is 2.29. The Hall–Kier alpha value is -2.88. The number of fused-ring (bicyclic) bond motifs is 1. The summed E-state index contributed by atoms with van der Waals surface area (Å²) in [5.41, 5.74) is 5.73. The zero-order valence-corrected chi connectivity index (χ0v) is 12.6. The van der Waals surface area contributed by atoms with Gasteiger partial charge in [-0.1, -0.05) is 17.3 Å². The third-order valence-electron chi connectivity index (χ3n) is 3.80. The smallest absolute Gasteiger partial charge is 0.0676 e. The average molecular weight is 291 g/mol. The van der Waals surface area contributed by atoms with Gasteiger partial charge in [-0.05, 0) is 49.2 Å². The number of nitrogens with zero attached hydrogens (tertiary/aromatic N) is 3. The molecule has 2 aromatic heterocycles.